The molecular weight excluding hydrogens is 418 g/mol. The molecule has 0 radical (unpaired) electrons. The van der Waals surface area contributed by atoms with Crippen molar-refractivity contribution in [3.8, 4) is 5.75 Å². The highest BCUT2D eigenvalue weighted by Crippen LogP contribution is 2.30. The zero-order valence-corrected chi connectivity index (χ0v) is 17.4. The Morgan fingerprint density at radius 2 is 1.81 bits per heavy atom. The number of hydrogen-bond acceptors (Lipinski definition) is 7. The number of rotatable bonds is 6. The van der Waals surface area contributed by atoms with E-state index in [-0.39, 0.29) is 24.1 Å². The van der Waals surface area contributed by atoms with Crippen LogP contribution in [0.4, 0.5) is 5.69 Å². The first kappa shape index (κ1) is 21.0. The maximum atomic E-state index is 12.4. The van der Waals surface area contributed by atoms with Gasteiger partial charge in [-0.15, -0.1) is 5.06 Å². The third kappa shape index (κ3) is 3.78. The summed E-state index contributed by atoms with van der Waals surface area (Å²) in [5.41, 5.74) is 2.57. The van der Waals surface area contributed by atoms with Crippen LogP contribution in [0.1, 0.15) is 34.3 Å². The number of hydrogen-bond donors (Lipinski definition) is 0. The Balaban J connectivity index is 1.62. The number of nitrogens with zero attached hydrogens (tertiary/aromatic N) is 3. The van der Waals surface area contributed by atoms with Crippen LogP contribution in [0.5, 0.6) is 5.75 Å². The molecule has 0 unspecified atom stereocenters. The summed E-state index contributed by atoms with van der Waals surface area (Å²) in [6.07, 6.45) is 2.32. The van der Waals surface area contributed by atoms with E-state index in [4.69, 9.17) is 9.57 Å². The number of amides is 2. The summed E-state index contributed by atoms with van der Waals surface area (Å²) in [7, 11) is 3.31. The number of carbonyl (C=O) groups excluding carboxylic acids is 3. The molecule has 2 amide bonds. The zero-order chi connectivity index (χ0) is 23.0. The van der Waals surface area contributed by atoms with E-state index in [1.807, 2.05) is 17.8 Å². The highest BCUT2D eigenvalue weighted by atomic mass is 16.7. The summed E-state index contributed by atoms with van der Waals surface area (Å²) in [6.45, 7) is 0. The van der Waals surface area contributed by atoms with E-state index in [9.17, 15) is 24.5 Å². The number of aromatic nitrogens is 1. The normalized spacial score (nSPS) is 13.6. The first-order chi connectivity index (χ1) is 15.3. The summed E-state index contributed by atoms with van der Waals surface area (Å²) >= 11 is 0. The summed E-state index contributed by atoms with van der Waals surface area (Å²) in [4.78, 5) is 51.4. The summed E-state index contributed by atoms with van der Waals surface area (Å²) < 4.78 is 7.32. The largest absolute Gasteiger partial charge is 0.496 e. The van der Waals surface area contributed by atoms with E-state index < -0.39 is 22.7 Å². The maximum Gasteiger partial charge on any atom is 0.364 e. The van der Waals surface area contributed by atoms with Gasteiger partial charge in [0.2, 0.25) is 0 Å². The Morgan fingerprint density at radius 3 is 2.47 bits per heavy atom. The molecule has 32 heavy (non-hydrogen) atoms. The van der Waals surface area contributed by atoms with Gasteiger partial charge in [0.05, 0.1) is 17.6 Å². The Hall–Kier alpha value is -4.21. The van der Waals surface area contributed by atoms with Gasteiger partial charge in [0.1, 0.15) is 5.75 Å². The molecule has 10 nitrogen and oxygen atoms in total. The lowest BCUT2D eigenvalue weighted by atomic mass is 10.0. The Labute approximate surface area is 182 Å². The number of nitro groups is 1. The number of methoxy groups -OCH3 is 1. The molecule has 1 saturated heterocycles. The molecule has 2 heterocycles. The molecule has 4 rings (SSSR count). The van der Waals surface area contributed by atoms with Crippen LogP contribution in [-0.2, 0) is 27.9 Å². The van der Waals surface area contributed by atoms with E-state index in [1.165, 1.54) is 31.4 Å². The molecular formula is C22H19N3O7. The molecule has 0 saturated carbocycles. The van der Waals surface area contributed by atoms with E-state index in [2.05, 4.69) is 0 Å². The second kappa shape index (κ2) is 8.14. The Bertz CT molecular complexity index is 1260. The molecule has 0 N–H and O–H groups in total. The molecule has 3 aromatic rings. The van der Waals surface area contributed by atoms with Gasteiger partial charge in [-0.25, -0.2) is 4.79 Å². The fraction of sp³-hybridized carbons (Fsp3) is 0.227. The van der Waals surface area contributed by atoms with Crippen LogP contribution in [0.2, 0.25) is 0 Å². The average Bonchev–Trinajstić information content (AvgIpc) is 3.26. The minimum atomic E-state index is -0.848. The zero-order valence-electron chi connectivity index (χ0n) is 17.4. The number of carbonyl (C=O) groups is 3. The van der Waals surface area contributed by atoms with Gasteiger partial charge in [-0.3, -0.25) is 19.7 Å². The monoisotopic (exact) mass is 437 g/mol. The Morgan fingerprint density at radius 1 is 1.09 bits per heavy atom. The van der Waals surface area contributed by atoms with Crippen molar-refractivity contribution in [3.05, 3.63) is 69.4 Å². The van der Waals surface area contributed by atoms with E-state index >= 15 is 0 Å². The van der Waals surface area contributed by atoms with Crippen molar-refractivity contribution in [1.29, 1.82) is 0 Å². The topological polar surface area (TPSA) is 121 Å². The predicted molar refractivity (Wildman–Crippen MR) is 112 cm³/mol. The maximum absolute atomic E-state index is 12.4. The second-order valence-electron chi connectivity index (χ2n) is 7.39. The van der Waals surface area contributed by atoms with Crippen LogP contribution < -0.4 is 4.74 Å². The molecule has 0 aliphatic carbocycles. The molecule has 10 heteroatoms. The molecule has 1 aliphatic heterocycles. The number of aryl methyl sites for hydroxylation is 1. The van der Waals surface area contributed by atoms with Crippen molar-refractivity contribution >= 4 is 34.4 Å². The number of imide groups is 1. The summed E-state index contributed by atoms with van der Waals surface area (Å²) in [5.74, 6) is -1.56. The number of benzene rings is 2. The van der Waals surface area contributed by atoms with Crippen LogP contribution in [0.25, 0.3) is 10.9 Å². The fourth-order valence-corrected chi connectivity index (χ4v) is 3.73. The highest BCUT2D eigenvalue weighted by Gasteiger charge is 2.33. The molecule has 1 aromatic heterocycles. The first-order valence-electron chi connectivity index (χ1n) is 9.76. The van der Waals surface area contributed by atoms with Gasteiger partial charge >= 0.3 is 5.97 Å². The molecule has 1 fully saturated rings. The smallest absolute Gasteiger partial charge is 0.364 e. The average molecular weight is 437 g/mol. The minimum absolute atomic E-state index is 0.000940. The number of nitro benzene ring substituents is 1. The van der Waals surface area contributed by atoms with Gasteiger partial charge < -0.3 is 14.1 Å². The van der Waals surface area contributed by atoms with Gasteiger partial charge in [0, 0.05) is 55.5 Å². The van der Waals surface area contributed by atoms with Crippen molar-refractivity contribution in [2.45, 2.75) is 19.3 Å². The van der Waals surface area contributed by atoms with Crippen molar-refractivity contribution in [2.75, 3.05) is 7.11 Å². The van der Waals surface area contributed by atoms with Gasteiger partial charge in [-0.05, 0) is 29.3 Å². The van der Waals surface area contributed by atoms with Gasteiger partial charge in [-0.2, -0.15) is 0 Å². The van der Waals surface area contributed by atoms with Crippen molar-refractivity contribution in [2.24, 2.45) is 7.05 Å². The number of hydroxylamine groups is 2. The quantitative estimate of drug-likeness (QED) is 0.330. The van der Waals surface area contributed by atoms with Crippen LogP contribution in [-0.4, -0.2) is 39.4 Å². The van der Waals surface area contributed by atoms with Gasteiger partial charge in [0.15, 0.2) is 0 Å². The SMILES string of the molecule is COc1cc(C(=O)ON2C(=O)CCC2=O)ccc1Cc1cn(C)c2ccc([N+](=O)[O-])cc12. The lowest BCUT2D eigenvalue weighted by Crippen LogP contribution is -2.32. The number of fused-ring (bicyclic) bond motifs is 1. The predicted octanol–water partition coefficient (Wildman–Crippen LogP) is 2.91. The van der Waals surface area contributed by atoms with Crippen molar-refractivity contribution in [3.63, 3.8) is 0 Å². The third-order valence-electron chi connectivity index (χ3n) is 5.35. The lowest BCUT2D eigenvalue weighted by Gasteiger charge is -2.14. The van der Waals surface area contributed by atoms with Crippen LogP contribution >= 0.6 is 0 Å². The number of ether oxygens (including phenoxy) is 1. The summed E-state index contributed by atoms with van der Waals surface area (Å²) in [6, 6.07) is 9.36. The van der Waals surface area contributed by atoms with Crippen LogP contribution in [0.3, 0.4) is 0 Å². The molecule has 0 bridgehead atoms. The molecule has 2 aromatic carbocycles. The number of non-ortho nitro benzene ring substituents is 1. The molecule has 0 atom stereocenters. The lowest BCUT2D eigenvalue weighted by molar-refractivity contribution is -0.384. The van der Waals surface area contributed by atoms with E-state index in [0.29, 0.717) is 17.2 Å². The highest BCUT2D eigenvalue weighted by molar-refractivity contribution is 6.02. The molecule has 0 spiro atoms. The third-order valence-corrected chi connectivity index (χ3v) is 5.35. The second-order valence-corrected chi connectivity index (χ2v) is 7.39. The molecule has 164 valence electrons. The first-order valence-corrected chi connectivity index (χ1v) is 9.76. The van der Waals surface area contributed by atoms with Gasteiger partial charge in [0.25, 0.3) is 17.5 Å². The van der Waals surface area contributed by atoms with Crippen LogP contribution in [0, 0.1) is 10.1 Å². The van der Waals surface area contributed by atoms with E-state index in [1.54, 1.807) is 12.1 Å². The Kier molecular flexibility index (Phi) is 5.35. The minimum Gasteiger partial charge on any atom is -0.496 e. The standard InChI is InChI=1S/C22H19N3O7/c1-23-12-15(17-11-16(25(29)30)5-6-18(17)23)9-13-3-4-14(10-19(13)31-2)22(28)32-24-20(26)7-8-21(24)27/h3-6,10-12H,7-9H2,1-2H3. The summed E-state index contributed by atoms with van der Waals surface area (Å²) in [5, 5.41) is 12.4. The van der Waals surface area contributed by atoms with E-state index in [0.717, 1.165) is 22.0 Å². The van der Waals surface area contributed by atoms with Gasteiger partial charge in [-0.1, -0.05) is 6.07 Å². The van der Waals surface area contributed by atoms with Crippen molar-refractivity contribution < 1.29 is 28.9 Å². The molecule has 1 aliphatic rings. The fourth-order valence-electron chi connectivity index (χ4n) is 3.73. The van der Waals surface area contributed by atoms with Crippen LogP contribution in [0.15, 0.2) is 42.6 Å². The van der Waals surface area contributed by atoms with Crippen molar-refractivity contribution in [1.82, 2.24) is 9.63 Å².